The summed E-state index contributed by atoms with van der Waals surface area (Å²) in [5.74, 6) is -0.213. The number of carboxylic acids is 1. The Hall–Kier alpha value is -1.62. The minimum absolute atomic E-state index is 0.359. The number of piperazine rings is 1. The molecule has 96 valence electrons. The van der Waals surface area contributed by atoms with Crippen molar-refractivity contribution in [2.75, 3.05) is 31.1 Å². The maximum atomic E-state index is 11.4. The molecule has 0 radical (unpaired) electrons. The number of nitrogens with one attached hydrogen (secondary N) is 1. The van der Waals surface area contributed by atoms with Crippen molar-refractivity contribution in [3.05, 3.63) is 22.9 Å². The predicted octanol–water partition coefficient (Wildman–Crippen LogP) is 0.678. The summed E-state index contributed by atoms with van der Waals surface area (Å²) < 4.78 is 0. The van der Waals surface area contributed by atoms with Gasteiger partial charge < -0.3 is 15.3 Å². The van der Waals surface area contributed by atoms with Gasteiger partial charge in [-0.1, -0.05) is 0 Å². The molecule has 2 heterocycles. The van der Waals surface area contributed by atoms with Crippen LogP contribution in [0.2, 0.25) is 0 Å². The van der Waals surface area contributed by atoms with Crippen LogP contribution < -0.4 is 10.2 Å². The van der Waals surface area contributed by atoms with Gasteiger partial charge in [0, 0.05) is 31.9 Å². The van der Waals surface area contributed by atoms with E-state index in [4.69, 9.17) is 0 Å². The third-order valence-electron chi connectivity index (χ3n) is 3.68. The van der Waals surface area contributed by atoms with Gasteiger partial charge >= 0.3 is 5.97 Å². The molecular formula is C13H17N3O2. The molecule has 1 aliphatic heterocycles. The van der Waals surface area contributed by atoms with Gasteiger partial charge in [0.25, 0.3) is 0 Å². The number of carbonyl (C=O) groups is 1. The number of anilines is 1. The van der Waals surface area contributed by atoms with Crippen molar-refractivity contribution in [3.8, 4) is 0 Å². The number of fused-ring (bicyclic) bond motifs is 1. The molecule has 2 N–H and O–H groups in total. The van der Waals surface area contributed by atoms with E-state index in [1.54, 1.807) is 0 Å². The summed E-state index contributed by atoms with van der Waals surface area (Å²) in [7, 11) is 0. The Labute approximate surface area is 106 Å². The Morgan fingerprint density at radius 2 is 2.11 bits per heavy atom. The molecule has 1 aliphatic carbocycles. The zero-order chi connectivity index (χ0) is 12.5. The molecule has 0 bridgehead atoms. The first kappa shape index (κ1) is 11.5. The van der Waals surface area contributed by atoms with Crippen LogP contribution in [0.3, 0.4) is 0 Å². The van der Waals surface area contributed by atoms with Crippen molar-refractivity contribution in [1.29, 1.82) is 0 Å². The van der Waals surface area contributed by atoms with Crippen LogP contribution in [0.1, 0.15) is 28.0 Å². The van der Waals surface area contributed by atoms with Gasteiger partial charge in [-0.3, -0.25) is 0 Å². The quantitative estimate of drug-likeness (QED) is 0.804. The fourth-order valence-corrected chi connectivity index (χ4v) is 2.74. The molecule has 18 heavy (non-hydrogen) atoms. The second kappa shape index (κ2) is 4.57. The highest BCUT2D eigenvalue weighted by Crippen LogP contribution is 2.27. The zero-order valence-electron chi connectivity index (χ0n) is 10.3. The van der Waals surface area contributed by atoms with Crippen LogP contribution in [0.4, 0.5) is 5.82 Å². The summed E-state index contributed by atoms with van der Waals surface area (Å²) in [5.41, 5.74) is 2.57. The molecule has 0 spiro atoms. The highest BCUT2D eigenvalue weighted by atomic mass is 16.4. The van der Waals surface area contributed by atoms with E-state index in [1.165, 1.54) is 0 Å². The normalized spacial score (nSPS) is 18.8. The molecule has 0 atom stereocenters. The van der Waals surface area contributed by atoms with Crippen molar-refractivity contribution < 1.29 is 9.90 Å². The summed E-state index contributed by atoms with van der Waals surface area (Å²) in [5, 5.41) is 12.6. The zero-order valence-corrected chi connectivity index (χ0v) is 10.3. The van der Waals surface area contributed by atoms with Gasteiger partial charge in [0.2, 0.25) is 0 Å². The van der Waals surface area contributed by atoms with Crippen LogP contribution in [-0.2, 0) is 12.8 Å². The molecule has 1 aromatic rings. The molecule has 0 aromatic carbocycles. The highest BCUT2D eigenvalue weighted by molar-refractivity contribution is 5.93. The molecular weight excluding hydrogens is 230 g/mol. The molecule has 2 aliphatic rings. The van der Waals surface area contributed by atoms with E-state index in [2.05, 4.69) is 15.2 Å². The maximum Gasteiger partial charge on any atom is 0.339 e. The molecule has 5 heteroatoms. The highest BCUT2D eigenvalue weighted by Gasteiger charge is 2.24. The summed E-state index contributed by atoms with van der Waals surface area (Å²) in [6.45, 7) is 3.42. The summed E-state index contributed by atoms with van der Waals surface area (Å²) in [6.07, 6.45) is 3.03. The van der Waals surface area contributed by atoms with E-state index < -0.39 is 5.97 Å². The second-order valence-corrected chi connectivity index (χ2v) is 4.86. The van der Waals surface area contributed by atoms with E-state index in [1.807, 2.05) is 6.07 Å². The Morgan fingerprint density at radius 1 is 1.33 bits per heavy atom. The number of nitrogens with zero attached hydrogens (tertiary/aromatic N) is 2. The topological polar surface area (TPSA) is 65.5 Å². The molecule has 0 amide bonds. The standard InChI is InChI=1S/C13H17N3O2/c17-13(18)10-8-9-2-1-3-11(9)15-12(10)16-6-4-14-5-7-16/h8,14H,1-7H2,(H,17,18). The lowest BCUT2D eigenvalue weighted by atomic mass is 10.1. The number of rotatable bonds is 2. The number of hydrogen-bond donors (Lipinski definition) is 2. The first-order valence-electron chi connectivity index (χ1n) is 6.47. The largest absolute Gasteiger partial charge is 0.478 e. The van der Waals surface area contributed by atoms with Gasteiger partial charge in [0.15, 0.2) is 0 Å². The molecule has 1 saturated heterocycles. The number of aromatic nitrogens is 1. The van der Waals surface area contributed by atoms with E-state index in [-0.39, 0.29) is 0 Å². The number of aryl methyl sites for hydroxylation is 2. The average Bonchev–Trinajstić information content (AvgIpc) is 2.85. The SMILES string of the molecule is O=C(O)c1cc2c(nc1N1CCNCC1)CCC2. The number of hydrogen-bond acceptors (Lipinski definition) is 4. The van der Waals surface area contributed by atoms with E-state index in [0.29, 0.717) is 11.4 Å². The summed E-state index contributed by atoms with van der Waals surface area (Å²) >= 11 is 0. The van der Waals surface area contributed by atoms with Crippen molar-refractivity contribution in [2.24, 2.45) is 0 Å². The van der Waals surface area contributed by atoms with Crippen molar-refractivity contribution in [1.82, 2.24) is 10.3 Å². The second-order valence-electron chi connectivity index (χ2n) is 4.86. The van der Waals surface area contributed by atoms with Crippen LogP contribution in [0.15, 0.2) is 6.07 Å². The first-order valence-corrected chi connectivity index (χ1v) is 6.47. The van der Waals surface area contributed by atoms with Gasteiger partial charge in [-0.05, 0) is 30.9 Å². The lowest BCUT2D eigenvalue weighted by molar-refractivity contribution is 0.0697. The van der Waals surface area contributed by atoms with Gasteiger partial charge in [-0.25, -0.2) is 9.78 Å². The van der Waals surface area contributed by atoms with Crippen LogP contribution in [-0.4, -0.2) is 42.2 Å². The van der Waals surface area contributed by atoms with Crippen molar-refractivity contribution >= 4 is 11.8 Å². The van der Waals surface area contributed by atoms with Crippen LogP contribution >= 0.6 is 0 Å². The Bertz CT molecular complexity index is 481. The molecule has 0 saturated carbocycles. The average molecular weight is 247 g/mol. The van der Waals surface area contributed by atoms with Gasteiger partial charge in [-0.15, -0.1) is 0 Å². The monoisotopic (exact) mass is 247 g/mol. The number of aromatic carboxylic acids is 1. The van der Waals surface area contributed by atoms with Gasteiger partial charge in [0.1, 0.15) is 11.4 Å². The first-order chi connectivity index (χ1) is 8.75. The smallest absolute Gasteiger partial charge is 0.339 e. The molecule has 1 fully saturated rings. The number of carboxylic acid groups (broad SMARTS) is 1. The van der Waals surface area contributed by atoms with Crippen LogP contribution in [0.5, 0.6) is 0 Å². The minimum Gasteiger partial charge on any atom is -0.478 e. The number of pyridine rings is 1. The van der Waals surface area contributed by atoms with E-state index in [9.17, 15) is 9.90 Å². The lowest BCUT2D eigenvalue weighted by Crippen LogP contribution is -2.44. The van der Waals surface area contributed by atoms with Crippen LogP contribution in [0, 0.1) is 0 Å². The third-order valence-corrected chi connectivity index (χ3v) is 3.68. The lowest BCUT2D eigenvalue weighted by Gasteiger charge is -2.29. The van der Waals surface area contributed by atoms with Crippen molar-refractivity contribution in [3.63, 3.8) is 0 Å². The fraction of sp³-hybridized carbons (Fsp3) is 0.538. The molecule has 5 nitrogen and oxygen atoms in total. The summed E-state index contributed by atoms with van der Waals surface area (Å²) in [6, 6.07) is 1.83. The van der Waals surface area contributed by atoms with Crippen molar-refractivity contribution in [2.45, 2.75) is 19.3 Å². The maximum absolute atomic E-state index is 11.4. The summed E-state index contributed by atoms with van der Waals surface area (Å²) in [4.78, 5) is 18.1. The van der Waals surface area contributed by atoms with Gasteiger partial charge in [0.05, 0.1) is 0 Å². The Morgan fingerprint density at radius 3 is 2.83 bits per heavy atom. The predicted molar refractivity (Wildman–Crippen MR) is 68.3 cm³/mol. The van der Waals surface area contributed by atoms with E-state index >= 15 is 0 Å². The molecule has 3 rings (SSSR count). The molecule has 1 aromatic heterocycles. The fourth-order valence-electron chi connectivity index (χ4n) is 2.74. The third kappa shape index (κ3) is 1.95. The minimum atomic E-state index is -0.870. The Balaban J connectivity index is 2.02. The molecule has 0 unspecified atom stereocenters. The van der Waals surface area contributed by atoms with Gasteiger partial charge in [-0.2, -0.15) is 0 Å². The van der Waals surface area contributed by atoms with Crippen LogP contribution in [0.25, 0.3) is 0 Å². The van der Waals surface area contributed by atoms with E-state index in [0.717, 1.165) is 56.7 Å². The Kier molecular flexibility index (Phi) is 2.91.